The summed E-state index contributed by atoms with van der Waals surface area (Å²) < 4.78 is 12.5. The van der Waals surface area contributed by atoms with Crippen molar-refractivity contribution in [2.24, 2.45) is 16.7 Å². The summed E-state index contributed by atoms with van der Waals surface area (Å²) in [6.45, 7) is 7.31. The molecule has 2 saturated heterocycles. The second-order valence-corrected chi connectivity index (χ2v) is 7.68. The smallest absolute Gasteiger partial charge is 0.175 e. The van der Waals surface area contributed by atoms with Gasteiger partial charge in [-0.1, -0.05) is 6.92 Å². The molecule has 0 aromatic rings. The summed E-state index contributed by atoms with van der Waals surface area (Å²) in [6.07, 6.45) is 5.27. The van der Waals surface area contributed by atoms with Crippen molar-refractivity contribution in [2.45, 2.75) is 70.4 Å². The largest absolute Gasteiger partial charge is 0.392 e. The highest BCUT2D eigenvalue weighted by Gasteiger charge is 2.76. The van der Waals surface area contributed by atoms with Gasteiger partial charge in [0.1, 0.15) is 0 Å². The summed E-state index contributed by atoms with van der Waals surface area (Å²) in [6, 6.07) is 0. The summed E-state index contributed by atoms with van der Waals surface area (Å²) in [5.74, 6) is -0.0301. The van der Waals surface area contributed by atoms with E-state index in [4.69, 9.17) is 9.47 Å². The van der Waals surface area contributed by atoms with Gasteiger partial charge in [-0.3, -0.25) is 0 Å². The van der Waals surface area contributed by atoms with Crippen molar-refractivity contribution in [1.29, 1.82) is 0 Å². The molecule has 0 radical (unpaired) electrons. The first-order valence-electron chi connectivity index (χ1n) is 7.38. The molecule has 4 rings (SSSR count). The van der Waals surface area contributed by atoms with Crippen LogP contribution in [0.5, 0.6) is 0 Å². The number of hydrogen-bond donors (Lipinski definition) is 1. The predicted octanol–water partition coefficient (Wildman–Crippen LogP) is 2.47. The molecule has 2 saturated carbocycles. The van der Waals surface area contributed by atoms with Gasteiger partial charge < -0.3 is 14.6 Å². The minimum absolute atomic E-state index is 0.121. The van der Waals surface area contributed by atoms with Crippen LogP contribution < -0.4 is 0 Å². The predicted molar refractivity (Wildman–Crippen MR) is 67.0 cm³/mol. The van der Waals surface area contributed by atoms with Crippen LogP contribution in [0.3, 0.4) is 0 Å². The Morgan fingerprint density at radius 3 is 2.61 bits per heavy atom. The molecule has 4 aliphatic rings. The zero-order valence-corrected chi connectivity index (χ0v) is 11.7. The molecule has 2 aliphatic heterocycles. The monoisotopic (exact) mass is 252 g/mol. The second kappa shape index (κ2) is 2.97. The third-order valence-electron chi connectivity index (χ3n) is 6.96. The standard InChI is InChI=1S/C15H24O3/c1-12-6-4-10-8-15(12,11(16)5-7-12)14(3)17-9-13(10,2)18-14/h10-11,16H,4-9H2,1-3H3/t10-,11-,12-,13+,14+,15+/m1/s1. The van der Waals surface area contributed by atoms with Gasteiger partial charge in [-0.05, 0) is 57.3 Å². The summed E-state index contributed by atoms with van der Waals surface area (Å²) >= 11 is 0. The minimum atomic E-state index is -0.580. The van der Waals surface area contributed by atoms with Gasteiger partial charge in [0.05, 0.1) is 23.7 Å². The van der Waals surface area contributed by atoms with E-state index in [0.29, 0.717) is 12.5 Å². The van der Waals surface area contributed by atoms with Crippen LogP contribution in [0.1, 0.15) is 52.9 Å². The summed E-state index contributed by atoms with van der Waals surface area (Å²) in [4.78, 5) is 0. The lowest BCUT2D eigenvalue weighted by Crippen LogP contribution is -2.66. The maximum Gasteiger partial charge on any atom is 0.175 e. The number of aliphatic hydroxyl groups is 1. The van der Waals surface area contributed by atoms with Gasteiger partial charge in [0.15, 0.2) is 5.79 Å². The van der Waals surface area contributed by atoms with Gasteiger partial charge in [-0.2, -0.15) is 0 Å². The highest BCUT2D eigenvalue weighted by Crippen LogP contribution is 2.73. The van der Waals surface area contributed by atoms with Crippen molar-refractivity contribution in [3.05, 3.63) is 0 Å². The van der Waals surface area contributed by atoms with E-state index in [1.165, 1.54) is 12.8 Å². The molecule has 3 nitrogen and oxygen atoms in total. The highest BCUT2D eigenvalue weighted by atomic mass is 16.8. The van der Waals surface area contributed by atoms with Crippen molar-refractivity contribution >= 4 is 0 Å². The Kier molecular flexibility index (Phi) is 1.93. The molecule has 102 valence electrons. The molecular formula is C15H24O3. The Hall–Kier alpha value is -0.120. The first-order chi connectivity index (χ1) is 8.35. The van der Waals surface area contributed by atoms with Crippen LogP contribution in [0.2, 0.25) is 0 Å². The topological polar surface area (TPSA) is 38.7 Å². The van der Waals surface area contributed by atoms with E-state index in [1.807, 2.05) is 0 Å². The lowest BCUT2D eigenvalue weighted by atomic mass is 9.49. The summed E-state index contributed by atoms with van der Waals surface area (Å²) in [7, 11) is 0. The molecule has 0 aromatic carbocycles. The third kappa shape index (κ3) is 0.981. The van der Waals surface area contributed by atoms with E-state index in [2.05, 4.69) is 20.8 Å². The quantitative estimate of drug-likeness (QED) is 0.720. The maximum atomic E-state index is 10.7. The summed E-state index contributed by atoms with van der Waals surface area (Å²) in [5, 5.41) is 10.7. The van der Waals surface area contributed by atoms with Crippen molar-refractivity contribution in [3.63, 3.8) is 0 Å². The molecule has 6 atom stereocenters. The molecule has 0 unspecified atom stereocenters. The number of rotatable bonds is 0. The molecule has 18 heavy (non-hydrogen) atoms. The Morgan fingerprint density at radius 1 is 1.11 bits per heavy atom. The molecular weight excluding hydrogens is 228 g/mol. The van der Waals surface area contributed by atoms with E-state index < -0.39 is 5.79 Å². The Bertz CT molecular complexity index is 411. The van der Waals surface area contributed by atoms with Crippen molar-refractivity contribution in [3.8, 4) is 0 Å². The fraction of sp³-hybridized carbons (Fsp3) is 1.00. The Labute approximate surface area is 109 Å². The Morgan fingerprint density at radius 2 is 1.83 bits per heavy atom. The van der Waals surface area contributed by atoms with E-state index in [0.717, 1.165) is 19.3 Å². The molecule has 0 amide bonds. The normalized spacial score (nSPS) is 66.0. The van der Waals surface area contributed by atoms with E-state index in [9.17, 15) is 5.11 Å². The molecule has 2 aliphatic carbocycles. The second-order valence-electron chi connectivity index (χ2n) is 7.68. The van der Waals surface area contributed by atoms with Crippen molar-refractivity contribution in [2.75, 3.05) is 6.61 Å². The van der Waals surface area contributed by atoms with Crippen LogP contribution in [0.25, 0.3) is 0 Å². The van der Waals surface area contributed by atoms with E-state index in [1.54, 1.807) is 0 Å². The van der Waals surface area contributed by atoms with Crippen LogP contribution in [-0.2, 0) is 9.47 Å². The van der Waals surface area contributed by atoms with Gasteiger partial charge in [0, 0.05) is 0 Å². The molecule has 4 bridgehead atoms. The number of aliphatic hydroxyl groups excluding tert-OH is 1. The minimum Gasteiger partial charge on any atom is -0.392 e. The lowest BCUT2D eigenvalue weighted by Gasteiger charge is -2.62. The van der Waals surface area contributed by atoms with Crippen LogP contribution in [-0.4, -0.2) is 29.2 Å². The zero-order valence-electron chi connectivity index (χ0n) is 11.7. The molecule has 1 spiro atoms. The summed E-state index contributed by atoms with van der Waals surface area (Å²) in [5.41, 5.74) is -0.119. The van der Waals surface area contributed by atoms with Gasteiger partial charge in [0.25, 0.3) is 0 Å². The molecule has 1 N–H and O–H groups in total. The maximum absolute atomic E-state index is 10.7. The fourth-order valence-corrected chi connectivity index (χ4v) is 5.80. The van der Waals surface area contributed by atoms with Crippen molar-refractivity contribution in [1.82, 2.24) is 0 Å². The molecule has 2 heterocycles. The SMILES string of the molecule is C[C@]12CC[C@@H]3C[C@@]1([C@H](O)CC2)[C@@]1(C)OC[C@]3(C)O1. The molecule has 0 aromatic heterocycles. The van der Waals surface area contributed by atoms with E-state index >= 15 is 0 Å². The number of hydrogen-bond acceptors (Lipinski definition) is 3. The van der Waals surface area contributed by atoms with Crippen LogP contribution in [0.4, 0.5) is 0 Å². The number of fused-ring (bicyclic) bond motifs is 4. The van der Waals surface area contributed by atoms with Crippen LogP contribution in [0.15, 0.2) is 0 Å². The van der Waals surface area contributed by atoms with Crippen LogP contribution >= 0.6 is 0 Å². The number of ether oxygens (including phenoxy) is 2. The highest BCUT2D eigenvalue weighted by molar-refractivity contribution is 5.20. The third-order valence-corrected chi connectivity index (χ3v) is 6.96. The average molecular weight is 252 g/mol. The molecule has 3 heteroatoms. The van der Waals surface area contributed by atoms with Gasteiger partial charge in [-0.25, -0.2) is 0 Å². The molecule has 4 fully saturated rings. The average Bonchev–Trinajstić information content (AvgIpc) is 2.75. The van der Waals surface area contributed by atoms with Crippen LogP contribution in [0, 0.1) is 16.7 Å². The van der Waals surface area contributed by atoms with Gasteiger partial charge >= 0.3 is 0 Å². The lowest BCUT2D eigenvalue weighted by molar-refractivity contribution is -0.340. The first-order valence-corrected chi connectivity index (χ1v) is 7.38. The van der Waals surface area contributed by atoms with E-state index in [-0.39, 0.29) is 22.5 Å². The van der Waals surface area contributed by atoms with Crippen molar-refractivity contribution < 1.29 is 14.6 Å². The zero-order chi connectivity index (χ0) is 12.8. The van der Waals surface area contributed by atoms with Gasteiger partial charge in [-0.15, -0.1) is 0 Å². The van der Waals surface area contributed by atoms with Gasteiger partial charge in [0.2, 0.25) is 0 Å². The Balaban J connectivity index is 1.91. The fourth-order valence-electron chi connectivity index (χ4n) is 5.80. The first kappa shape index (κ1) is 11.7.